The molecular weight excluding hydrogens is 176 g/mol. The summed E-state index contributed by atoms with van der Waals surface area (Å²) in [4.78, 5) is 14.2. The van der Waals surface area contributed by atoms with E-state index in [4.69, 9.17) is 0 Å². The highest BCUT2D eigenvalue weighted by atomic mass is 16.2. The molecule has 2 saturated heterocycles. The average Bonchev–Trinajstić information content (AvgIpc) is 2.71. The second-order valence-corrected chi connectivity index (χ2v) is 5.10. The first-order valence-electron chi connectivity index (χ1n) is 5.63. The van der Waals surface area contributed by atoms with E-state index in [0.717, 1.165) is 32.5 Å². The van der Waals surface area contributed by atoms with Gasteiger partial charge in [0.2, 0.25) is 5.91 Å². The van der Waals surface area contributed by atoms with Gasteiger partial charge in [-0.25, -0.2) is 0 Å². The first kappa shape index (κ1) is 9.97. The minimum absolute atomic E-state index is 0.0969. The van der Waals surface area contributed by atoms with Crippen LogP contribution in [0.1, 0.15) is 33.1 Å². The first-order valence-corrected chi connectivity index (χ1v) is 5.63. The maximum atomic E-state index is 12.1. The van der Waals surface area contributed by atoms with Gasteiger partial charge in [-0.3, -0.25) is 4.79 Å². The van der Waals surface area contributed by atoms with Crippen molar-refractivity contribution in [1.82, 2.24) is 10.2 Å². The molecule has 0 radical (unpaired) electrons. The quantitative estimate of drug-likeness (QED) is 0.678. The van der Waals surface area contributed by atoms with E-state index in [1.54, 1.807) is 0 Å². The molecule has 3 nitrogen and oxygen atoms in total. The van der Waals surface area contributed by atoms with E-state index in [2.05, 4.69) is 24.1 Å². The van der Waals surface area contributed by atoms with E-state index < -0.39 is 0 Å². The predicted molar refractivity (Wildman–Crippen MR) is 56.0 cm³/mol. The SMILES string of the molecule is CC1(C)CCCN1C(=O)[C@@H]1CCNC1. The highest BCUT2D eigenvalue weighted by molar-refractivity contribution is 5.80. The fourth-order valence-electron chi connectivity index (χ4n) is 2.60. The van der Waals surface area contributed by atoms with Crippen LogP contribution in [-0.4, -0.2) is 36.0 Å². The highest BCUT2D eigenvalue weighted by Crippen LogP contribution is 2.30. The van der Waals surface area contributed by atoms with Crippen molar-refractivity contribution in [3.63, 3.8) is 0 Å². The molecule has 80 valence electrons. The molecule has 3 heteroatoms. The van der Waals surface area contributed by atoms with Crippen molar-refractivity contribution < 1.29 is 4.79 Å². The first-order chi connectivity index (χ1) is 6.61. The lowest BCUT2D eigenvalue weighted by Crippen LogP contribution is -2.46. The maximum Gasteiger partial charge on any atom is 0.227 e. The van der Waals surface area contributed by atoms with Crippen LogP contribution in [0.25, 0.3) is 0 Å². The summed E-state index contributed by atoms with van der Waals surface area (Å²) >= 11 is 0. The molecule has 0 bridgehead atoms. The van der Waals surface area contributed by atoms with Crippen molar-refractivity contribution in [2.75, 3.05) is 19.6 Å². The highest BCUT2D eigenvalue weighted by Gasteiger charge is 2.38. The van der Waals surface area contributed by atoms with Crippen LogP contribution in [-0.2, 0) is 4.79 Å². The fourth-order valence-corrected chi connectivity index (χ4v) is 2.60. The Hall–Kier alpha value is -0.570. The molecule has 2 aliphatic rings. The molecule has 1 N–H and O–H groups in total. The van der Waals surface area contributed by atoms with Gasteiger partial charge in [-0.15, -0.1) is 0 Å². The largest absolute Gasteiger partial charge is 0.337 e. The third-order valence-electron chi connectivity index (χ3n) is 3.58. The van der Waals surface area contributed by atoms with Crippen LogP contribution in [0.5, 0.6) is 0 Å². The lowest BCUT2D eigenvalue weighted by molar-refractivity contribution is -0.138. The molecule has 0 aliphatic carbocycles. The van der Waals surface area contributed by atoms with Crippen molar-refractivity contribution in [3.8, 4) is 0 Å². The summed E-state index contributed by atoms with van der Waals surface area (Å²) in [7, 11) is 0. The molecule has 2 fully saturated rings. The lowest BCUT2D eigenvalue weighted by Gasteiger charge is -2.33. The number of amides is 1. The molecule has 2 heterocycles. The Morgan fingerprint density at radius 1 is 1.50 bits per heavy atom. The molecule has 0 aromatic heterocycles. The van der Waals surface area contributed by atoms with E-state index in [1.165, 1.54) is 6.42 Å². The third kappa shape index (κ3) is 1.65. The molecule has 2 aliphatic heterocycles. The van der Waals surface area contributed by atoms with Gasteiger partial charge in [0.25, 0.3) is 0 Å². The monoisotopic (exact) mass is 196 g/mol. The summed E-state index contributed by atoms with van der Waals surface area (Å²) in [5.74, 6) is 0.616. The molecule has 0 unspecified atom stereocenters. The van der Waals surface area contributed by atoms with Crippen LogP contribution in [0.15, 0.2) is 0 Å². The van der Waals surface area contributed by atoms with Crippen LogP contribution in [0.4, 0.5) is 0 Å². The average molecular weight is 196 g/mol. The van der Waals surface area contributed by atoms with Crippen molar-refractivity contribution in [1.29, 1.82) is 0 Å². The molecule has 0 aromatic carbocycles. The summed E-state index contributed by atoms with van der Waals surface area (Å²) < 4.78 is 0. The zero-order valence-electron chi connectivity index (χ0n) is 9.18. The Labute approximate surface area is 85.8 Å². The topological polar surface area (TPSA) is 32.3 Å². The second kappa shape index (κ2) is 3.54. The van der Waals surface area contributed by atoms with E-state index >= 15 is 0 Å². The zero-order chi connectivity index (χ0) is 10.2. The lowest BCUT2D eigenvalue weighted by atomic mass is 9.99. The van der Waals surface area contributed by atoms with Crippen molar-refractivity contribution in [2.24, 2.45) is 5.92 Å². The smallest absolute Gasteiger partial charge is 0.227 e. The van der Waals surface area contributed by atoms with Gasteiger partial charge in [0.15, 0.2) is 0 Å². The Bertz CT molecular complexity index is 231. The molecule has 14 heavy (non-hydrogen) atoms. The van der Waals surface area contributed by atoms with Gasteiger partial charge in [-0.05, 0) is 39.7 Å². The minimum atomic E-state index is 0.0969. The Morgan fingerprint density at radius 3 is 2.79 bits per heavy atom. The third-order valence-corrected chi connectivity index (χ3v) is 3.58. The number of carbonyl (C=O) groups is 1. The summed E-state index contributed by atoms with van der Waals surface area (Å²) in [6.45, 7) is 7.21. The van der Waals surface area contributed by atoms with Crippen LogP contribution in [0.3, 0.4) is 0 Å². The molecule has 0 aromatic rings. The second-order valence-electron chi connectivity index (χ2n) is 5.10. The number of hydrogen-bond donors (Lipinski definition) is 1. The number of likely N-dealkylation sites (tertiary alicyclic amines) is 1. The number of hydrogen-bond acceptors (Lipinski definition) is 2. The van der Waals surface area contributed by atoms with E-state index in [-0.39, 0.29) is 11.5 Å². The normalized spacial score (nSPS) is 31.0. The van der Waals surface area contributed by atoms with E-state index in [0.29, 0.717) is 5.91 Å². The van der Waals surface area contributed by atoms with Crippen LogP contribution in [0, 0.1) is 5.92 Å². The van der Waals surface area contributed by atoms with Gasteiger partial charge in [0.05, 0.1) is 5.92 Å². The number of nitrogens with one attached hydrogen (secondary N) is 1. The van der Waals surface area contributed by atoms with Crippen LogP contribution in [0.2, 0.25) is 0 Å². The van der Waals surface area contributed by atoms with Gasteiger partial charge in [-0.2, -0.15) is 0 Å². The van der Waals surface area contributed by atoms with Crippen LogP contribution >= 0.6 is 0 Å². The molecular formula is C11H20N2O. The fraction of sp³-hybridized carbons (Fsp3) is 0.909. The Morgan fingerprint density at radius 2 is 2.29 bits per heavy atom. The Balaban J connectivity index is 2.03. The van der Waals surface area contributed by atoms with Gasteiger partial charge >= 0.3 is 0 Å². The number of nitrogens with zero attached hydrogens (tertiary/aromatic N) is 1. The molecule has 1 atom stereocenters. The number of carbonyl (C=O) groups excluding carboxylic acids is 1. The summed E-state index contributed by atoms with van der Waals surface area (Å²) in [6, 6.07) is 0. The van der Waals surface area contributed by atoms with Gasteiger partial charge in [0, 0.05) is 18.6 Å². The van der Waals surface area contributed by atoms with Gasteiger partial charge in [0.1, 0.15) is 0 Å². The summed E-state index contributed by atoms with van der Waals surface area (Å²) in [6.07, 6.45) is 3.34. The zero-order valence-corrected chi connectivity index (χ0v) is 9.18. The number of rotatable bonds is 1. The molecule has 2 rings (SSSR count). The summed E-state index contributed by atoms with van der Waals surface area (Å²) in [5, 5.41) is 3.26. The van der Waals surface area contributed by atoms with Gasteiger partial charge in [-0.1, -0.05) is 0 Å². The van der Waals surface area contributed by atoms with Crippen molar-refractivity contribution in [2.45, 2.75) is 38.6 Å². The molecule has 0 saturated carbocycles. The molecule has 1 amide bonds. The predicted octanol–water partition coefficient (Wildman–Crippen LogP) is 0.997. The van der Waals surface area contributed by atoms with Crippen LogP contribution < -0.4 is 5.32 Å². The maximum absolute atomic E-state index is 12.1. The molecule has 0 spiro atoms. The van der Waals surface area contributed by atoms with E-state index in [9.17, 15) is 4.79 Å². The van der Waals surface area contributed by atoms with Crippen molar-refractivity contribution in [3.05, 3.63) is 0 Å². The summed E-state index contributed by atoms with van der Waals surface area (Å²) in [5.41, 5.74) is 0.0969. The minimum Gasteiger partial charge on any atom is -0.337 e. The van der Waals surface area contributed by atoms with Gasteiger partial charge < -0.3 is 10.2 Å². The van der Waals surface area contributed by atoms with Crippen molar-refractivity contribution >= 4 is 5.91 Å². The van der Waals surface area contributed by atoms with E-state index in [1.807, 2.05) is 0 Å². The Kier molecular flexibility index (Phi) is 2.52. The standard InChI is InChI=1S/C11H20N2O/c1-11(2)5-3-7-13(11)10(14)9-4-6-12-8-9/h9,12H,3-8H2,1-2H3/t9-/m1/s1.